The van der Waals surface area contributed by atoms with Gasteiger partial charge in [0.05, 0.1) is 0 Å². The quantitative estimate of drug-likeness (QED) is 0.593. The Morgan fingerprint density at radius 2 is 0.957 bits per heavy atom. The number of carbonyl (C=O) groups is 1. The Bertz CT molecular complexity index is 773. The number of aldehydes is 1. The number of benzene rings is 3. The van der Waals surface area contributed by atoms with Crippen molar-refractivity contribution in [1.82, 2.24) is 0 Å². The molecule has 0 N–H and O–H groups in total. The van der Waals surface area contributed by atoms with Crippen LogP contribution in [0.4, 0.5) is 0 Å². The van der Waals surface area contributed by atoms with Gasteiger partial charge < -0.3 is 9.47 Å². The first kappa shape index (κ1) is 14.9. The summed E-state index contributed by atoms with van der Waals surface area (Å²) in [6, 6.07) is 22.3. The number of hydrogen-bond acceptors (Lipinski definition) is 3. The molecule has 114 valence electrons. The lowest BCUT2D eigenvalue weighted by Gasteiger charge is -2.08. The molecular formula is C20H16O3. The molecule has 3 heteroatoms. The summed E-state index contributed by atoms with van der Waals surface area (Å²) in [4.78, 5) is 10.6. The van der Waals surface area contributed by atoms with Crippen molar-refractivity contribution in [1.29, 1.82) is 0 Å². The van der Waals surface area contributed by atoms with Gasteiger partial charge in [-0.15, -0.1) is 0 Å². The van der Waals surface area contributed by atoms with Crippen LogP contribution in [0.5, 0.6) is 23.0 Å². The molecule has 0 saturated heterocycles. The first-order valence-electron chi connectivity index (χ1n) is 7.30. The van der Waals surface area contributed by atoms with Gasteiger partial charge in [0.1, 0.15) is 29.3 Å². The van der Waals surface area contributed by atoms with Crippen molar-refractivity contribution in [3.05, 3.63) is 83.9 Å². The summed E-state index contributed by atoms with van der Waals surface area (Å²) in [6.07, 6.45) is 0.807. The summed E-state index contributed by atoms with van der Waals surface area (Å²) >= 11 is 0. The number of aryl methyl sites for hydroxylation is 1. The Labute approximate surface area is 135 Å². The highest BCUT2D eigenvalue weighted by Gasteiger charge is 2.00. The zero-order chi connectivity index (χ0) is 16.1. The van der Waals surface area contributed by atoms with E-state index >= 15 is 0 Å². The average Bonchev–Trinajstić information content (AvgIpc) is 2.59. The third kappa shape index (κ3) is 3.98. The lowest BCUT2D eigenvalue weighted by Crippen LogP contribution is -1.87. The molecular weight excluding hydrogens is 288 g/mol. The van der Waals surface area contributed by atoms with E-state index in [0.29, 0.717) is 17.1 Å². The zero-order valence-electron chi connectivity index (χ0n) is 12.7. The third-order valence-corrected chi connectivity index (χ3v) is 3.33. The zero-order valence-corrected chi connectivity index (χ0v) is 12.7. The van der Waals surface area contributed by atoms with E-state index in [1.165, 1.54) is 5.56 Å². The lowest BCUT2D eigenvalue weighted by atomic mass is 10.2. The van der Waals surface area contributed by atoms with Crippen molar-refractivity contribution in [3.8, 4) is 23.0 Å². The van der Waals surface area contributed by atoms with Gasteiger partial charge in [-0.3, -0.25) is 4.79 Å². The van der Waals surface area contributed by atoms with Gasteiger partial charge in [-0.25, -0.2) is 0 Å². The smallest absolute Gasteiger partial charge is 0.150 e. The number of carbonyl (C=O) groups excluding carboxylic acids is 1. The molecule has 0 unspecified atom stereocenters. The fourth-order valence-electron chi connectivity index (χ4n) is 2.07. The highest BCUT2D eigenvalue weighted by Crippen LogP contribution is 2.26. The van der Waals surface area contributed by atoms with E-state index in [0.717, 1.165) is 17.8 Å². The monoisotopic (exact) mass is 304 g/mol. The molecule has 0 fully saturated rings. The summed E-state index contributed by atoms with van der Waals surface area (Å²) in [6.45, 7) is 2.04. The Hall–Kier alpha value is -3.07. The molecule has 0 heterocycles. The predicted octanol–water partition coefficient (Wildman–Crippen LogP) is 5.39. The minimum absolute atomic E-state index is 0.624. The fourth-order valence-corrected chi connectivity index (χ4v) is 2.07. The van der Waals surface area contributed by atoms with Crippen molar-refractivity contribution < 1.29 is 14.3 Å². The van der Waals surface area contributed by atoms with E-state index in [1.54, 1.807) is 24.3 Å². The van der Waals surface area contributed by atoms with E-state index in [9.17, 15) is 4.79 Å². The Morgan fingerprint density at radius 3 is 1.35 bits per heavy atom. The molecule has 0 aliphatic heterocycles. The molecule has 0 aromatic heterocycles. The number of hydrogen-bond donors (Lipinski definition) is 0. The summed E-state index contributed by atoms with van der Waals surface area (Å²) < 4.78 is 11.5. The van der Waals surface area contributed by atoms with Crippen LogP contribution in [0.1, 0.15) is 15.9 Å². The molecule has 3 nitrogen and oxygen atoms in total. The van der Waals surface area contributed by atoms with E-state index in [-0.39, 0.29) is 0 Å². The first-order chi connectivity index (χ1) is 11.2. The van der Waals surface area contributed by atoms with Crippen molar-refractivity contribution >= 4 is 6.29 Å². The van der Waals surface area contributed by atoms with Gasteiger partial charge in [-0.05, 0) is 67.6 Å². The maximum absolute atomic E-state index is 10.6. The van der Waals surface area contributed by atoms with Crippen LogP contribution in [0, 0.1) is 6.92 Å². The molecule has 23 heavy (non-hydrogen) atoms. The molecule has 0 atom stereocenters. The van der Waals surface area contributed by atoms with Crippen LogP contribution in [0.3, 0.4) is 0 Å². The first-order valence-corrected chi connectivity index (χ1v) is 7.30. The molecule has 3 aromatic rings. The second-order valence-electron chi connectivity index (χ2n) is 5.18. The van der Waals surface area contributed by atoms with Gasteiger partial charge in [0.2, 0.25) is 0 Å². The van der Waals surface area contributed by atoms with Crippen molar-refractivity contribution in [3.63, 3.8) is 0 Å². The molecule has 3 rings (SSSR count). The molecule has 0 spiro atoms. The summed E-state index contributed by atoms with van der Waals surface area (Å²) in [5.41, 5.74) is 1.82. The summed E-state index contributed by atoms with van der Waals surface area (Å²) in [7, 11) is 0. The van der Waals surface area contributed by atoms with E-state index < -0.39 is 0 Å². The fraction of sp³-hybridized carbons (Fsp3) is 0.0500. The summed E-state index contributed by atoms with van der Waals surface area (Å²) in [5.74, 6) is 2.94. The topological polar surface area (TPSA) is 35.5 Å². The minimum atomic E-state index is 0.624. The van der Waals surface area contributed by atoms with Crippen LogP contribution < -0.4 is 9.47 Å². The maximum atomic E-state index is 10.6. The van der Waals surface area contributed by atoms with E-state index in [2.05, 4.69) is 0 Å². The molecule has 0 bridgehead atoms. The van der Waals surface area contributed by atoms with Crippen LogP contribution in [-0.2, 0) is 0 Å². The minimum Gasteiger partial charge on any atom is -0.457 e. The Kier molecular flexibility index (Phi) is 4.39. The molecule has 0 amide bonds. The molecule has 3 aromatic carbocycles. The second-order valence-corrected chi connectivity index (χ2v) is 5.18. The van der Waals surface area contributed by atoms with Crippen LogP contribution in [0.15, 0.2) is 72.8 Å². The van der Waals surface area contributed by atoms with E-state index in [1.807, 2.05) is 55.5 Å². The number of rotatable bonds is 5. The van der Waals surface area contributed by atoms with Gasteiger partial charge in [0.15, 0.2) is 0 Å². The SMILES string of the molecule is Cc1ccc(Oc2ccc(Oc3ccc(C=O)cc3)cc2)cc1. The molecule has 0 aliphatic carbocycles. The maximum Gasteiger partial charge on any atom is 0.150 e. The third-order valence-electron chi connectivity index (χ3n) is 3.33. The van der Waals surface area contributed by atoms with E-state index in [4.69, 9.17) is 9.47 Å². The van der Waals surface area contributed by atoms with Crippen LogP contribution in [0.25, 0.3) is 0 Å². The Balaban J connectivity index is 1.66. The van der Waals surface area contributed by atoms with Gasteiger partial charge in [0.25, 0.3) is 0 Å². The largest absolute Gasteiger partial charge is 0.457 e. The van der Waals surface area contributed by atoms with Gasteiger partial charge in [-0.1, -0.05) is 17.7 Å². The van der Waals surface area contributed by atoms with Crippen LogP contribution >= 0.6 is 0 Å². The van der Waals surface area contributed by atoms with Gasteiger partial charge >= 0.3 is 0 Å². The van der Waals surface area contributed by atoms with Crippen LogP contribution in [-0.4, -0.2) is 6.29 Å². The highest BCUT2D eigenvalue weighted by atomic mass is 16.5. The van der Waals surface area contributed by atoms with Gasteiger partial charge in [0, 0.05) is 5.56 Å². The second kappa shape index (κ2) is 6.79. The predicted molar refractivity (Wildman–Crippen MR) is 89.6 cm³/mol. The van der Waals surface area contributed by atoms with Gasteiger partial charge in [-0.2, -0.15) is 0 Å². The van der Waals surface area contributed by atoms with Crippen molar-refractivity contribution in [2.24, 2.45) is 0 Å². The lowest BCUT2D eigenvalue weighted by molar-refractivity contribution is 0.112. The highest BCUT2D eigenvalue weighted by molar-refractivity contribution is 5.74. The van der Waals surface area contributed by atoms with Crippen LogP contribution in [0.2, 0.25) is 0 Å². The Morgan fingerprint density at radius 1 is 0.609 bits per heavy atom. The normalized spacial score (nSPS) is 10.1. The molecule has 0 radical (unpaired) electrons. The molecule has 0 saturated carbocycles. The average molecular weight is 304 g/mol. The molecule has 0 aliphatic rings. The van der Waals surface area contributed by atoms with Crippen molar-refractivity contribution in [2.45, 2.75) is 6.92 Å². The standard InChI is InChI=1S/C20H16O3/c1-15-2-6-17(7-3-15)22-19-10-12-20(13-11-19)23-18-8-4-16(14-21)5-9-18/h2-14H,1H3. The van der Waals surface area contributed by atoms with Crippen molar-refractivity contribution in [2.75, 3.05) is 0 Å². The summed E-state index contributed by atoms with van der Waals surface area (Å²) in [5, 5.41) is 0. The number of ether oxygens (including phenoxy) is 2.